The van der Waals surface area contributed by atoms with E-state index >= 15 is 0 Å². The van der Waals surface area contributed by atoms with Crippen LogP contribution in [0, 0.1) is 0 Å². The monoisotopic (exact) mass is 402 g/mol. The van der Waals surface area contributed by atoms with Gasteiger partial charge in [-0.3, -0.25) is 0 Å². The second-order valence-corrected chi connectivity index (χ2v) is 8.01. The molecule has 30 heavy (non-hydrogen) atoms. The van der Waals surface area contributed by atoms with Crippen molar-refractivity contribution in [2.24, 2.45) is 0 Å². The van der Waals surface area contributed by atoms with Gasteiger partial charge in [0.05, 0.1) is 0 Å². The third kappa shape index (κ3) is 4.34. The minimum atomic E-state index is -1.20. The molecule has 3 aromatic rings. The second-order valence-electron chi connectivity index (χ2n) is 8.01. The SMILES string of the molecule is CCCCC[C@@](O)(c1ccccc1)C1O[C@@H](c2ccccc2)[C@H](c2ccccc2)O1. The van der Waals surface area contributed by atoms with Gasteiger partial charge < -0.3 is 14.6 Å². The molecule has 0 bridgehead atoms. The molecule has 156 valence electrons. The fourth-order valence-electron chi connectivity index (χ4n) is 4.23. The van der Waals surface area contributed by atoms with Gasteiger partial charge in [-0.1, -0.05) is 117 Å². The van der Waals surface area contributed by atoms with E-state index in [1.165, 1.54) is 0 Å². The number of rotatable bonds is 8. The molecule has 4 rings (SSSR count). The lowest BCUT2D eigenvalue weighted by Crippen LogP contribution is -2.40. The first-order chi connectivity index (χ1) is 14.7. The first kappa shape index (κ1) is 20.8. The Hall–Kier alpha value is -2.46. The van der Waals surface area contributed by atoms with Gasteiger partial charge in [0.15, 0.2) is 6.29 Å². The highest BCUT2D eigenvalue weighted by molar-refractivity contribution is 5.28. The smallest absolute Gasteiger partial charge is 0.192 e. The van der Waals surface area contributed by atoms with Gasteiger partial charge in [0.25, 0.3) is 0 Å². The van der Waals surface area contributed by atoms with Gasteiger partial charge in [-0.15, -0.1) is 0 Å². The Labute approximate surface area is 179 Å². The van der Waals surface area contributed by atoms with E-state index in [0.29, 0.717) is 6.42 Å². The van der Waals surface area contributed by atoms with Crippen LogP contribution >= 0.6 is 0 Å². The number of hydrogen-bond acceptors (Lipinski definition) is 3. The van der Waals surface area contributed by atoms with Crippen LogP contribution in [0.1, 0.15) is 61.5 Å². The van der Waals surface area contributed by atoms with Gasteiger partial charge in [-0.2, -0.15) is 0 Å². The molecule has 0 radical (unpaired) electrons. The Morgan fingerprint density at radius 1 is 0.700 bits per heavy atom. The van der Waals surface area contributed by atoms with E-state index in [1.807, 2.05) is 66.7 Å². The van der Waals surface area contributed by atoms with Crippen LogP contribution in [-0.4, -0.2) is 11.4 Å². The van der Waals surface area contributed by atoms with E-state index in [0.717, 1.165) is 36.0 Å². The summed E-state index contributed by atoms with van der Waals surface area (Å²) in [7, 11) is 0. The first-order valence-electron chi connectivity index (χ1n) is 10.9. The summed E-state index contributed by atoms with van der Waals surface area (Å²) >= 11 is 0. The molecule has 0 spiro atoms. The van der Waals surface area contributed by atoms with Crippen LogP contribution in [-0.2, 0) is 15.1 Å². The summed E-state index contributed by atoms with van der Waals surface area (Å²) in [6.07, 6.45) is 2.37. The molecule has 3 nitrogen and oxygen atoms in total. The van der Waals surface area contributed by atoms with Crippen molar-refractivity contribution in [3.05, 3.63) is 108 Å². The zero-order valence-corrected chi connectivity index (χ0v) is 17.5. The molecule has 1 N–H and O–H groups in total. The van der Waals surface area contributed by atoms with Crippen molar-refractivity contribution in [2.75, 3.05) is 0 Å². The molecule has 1 heterocycles. The van der Waals surface area contributed by atoms with Crippen molar-refractivity contribution in [1.82, 2.24) is 0 Å². The number of benzene rings is 3. The van der Waals surface area contributed by atoms with Crippen LogP contribution in [0.2, 0.25) is 0 Å². The highest BCUT2D eigenvalue weighted by Gasteiger charge is 2.49. The predicted molar refractivity (Wildman–Crippen MR) is 119 cm³/mol. The average molecular weight is 403 g/mol. The van der Waals surface area contributed by atoms with E-state index in [9.17, 15) is 5.11 Å². The third-order valence-corrected chi connectivity index (χ3v) is 5.90. The molecule has 1 fully saturated rings. The van der Waals surface area contributed by atoms with Gasteiger partial charge in [0.2, 0.25) is 0 Å². The van der Waals surface area contributed by atoms with Crippen LogP contribution in [0.15, 0.2) is 91.0 Å². The predicted octanol–water partition coefficient (Wildman–Crippen LogP) is 6.31. The molecule has 3 heteroatoms. The van der Waals surface area contributed by atoms with E-state index < -0.39 is 11.9 Å². The zero-order valence-electron chi connectivity index (χ0n) is 17.5. The quantitative estimate of drug-likeness (QED) is 0.449. The van der Waals surface area contributed by atoms with E-state index in [-0.39, 0.29) is 12.2 Å². The van der Waals surface area contributed by atoms with Crippen molar-refractivity contribution in [1.29, 1.82) is 0 Å². The number of aliphatic hydroxyl groups is 1. The van der Waals surface area contributed by atoms with Gasteiger partial charge >= 0.3 is 0 Å². The molecule has 0 aliphatic carbocycles. The molecular formula is C27H30O3. The second kappa shape index (κ2) is 9.57. The summed E-state index contributed by atoms with van der Waals surface area (Å²) in [6, 6.07) is 30.1. The van der Waals surface area contributed by atoms with Crippen LogP contribution in [0.3, 0.4) is 0 Å². The average Bonchev–Trinajstić information content (AvgIpc) is 3.27. The first-order valence-corrected chi connectivity index (χ1v) is 10.9. The topological polar surface area (TPSA) is 38.7 Å². The molecule has 1 aliphatic rings. The van der Waals surface area contributed by atoms with Crippen molar-refractivity contribution in [2.45, 2.75) is 56.7 Å². The Bertz CT molecular complexity index is 850. The number of ether oxygens (including phenoxy) is 2. The molecule has 1 saturated heterocycles. The Kier molecular flexibility index (Phi) is 6.63. The lowest BCUT2D eigenvalue weighted by Gasteiger charge is -2.33. The largest absolute Gasteiger partial charge is 0.380 e. The Morgan fingerprint density at radius 3 is 1.63 bits per heavy atom. The maximum absolute atomic E-state index is 11.9. The number of hydrogen-bond donors (Lipinski definition) is 1. The maximum Gasteiger partial charge on any atom is 0.192 e. The van der Waals surface area contributed by atoms with Gasteiger partial charge in [0.1, 0.15) is 17.8 Å². The summed E-state index contributed by atoms with van der Waals surface area (Å²) < 4.78 is 13.0. The Balaban J connectivity index is 1.69. The van der Waals surface area contributed by atoms with E-state index in [1.54, 1.807) is 0 Å². The summed E-state index contributed by atoms with van der Waals surface area (Å²) in [5.41, 5.74) is 1.75. The van der Waals surface area contributed by atoms with E-state index in [4.69, 9.17) is 9.47 Å². The van der Waals surface area contributed by atoms with Crippen molar-refractivity contribution >= 4 is 0 Å². The number of unbranched alkanes of at least 4 members (excludes halogenated alkanes) is 2. The molecule has 0 aromatic heterocycles. The molecule has 0 saturated carbocycles. The summed E-state index contributed by atoms with van der Waals surface area (Å²) in [5, 5.41) is 11.9. The normalized spacial score (nSPS) is 21.4. The van der Waals surface area contributed by atoms with Crippen molar-refractivity contribution < 1.29 is 14.6 Å². The fourth-order valence-corrected chi connectivity index (χ4v) is 4.23. The minimum absolute atomic E-state index is 0.278. The highest BCUT2D eigenvalue weighted by Crippen LogP contribution is 2.48. The Morgan fingerprint density at radius 2 is 1.17 bits per heavy atom. The summed E-state index contributed by atoms with van der Waals surface area (Å²) in [4.78, 5) is 0. The standard InChI is InChI=1S/C27H30O3/c1-2-3-13-20-27(28,23-18-11-6-12-19-23)26-29-24(21-14-7-4-8-15-21)25(30-26)22-16-9-5-10-17-22/h4-12,14-19,24-26,28H,2-3,13,20H2,1H3/t24-,25-,27+/m0/s1. The lowest BCUT2D eigenvalue weighted by atomic mass is 9.87. The molecule has 0 unspecified atom stereocenters. The fraction of sp³-hybridized carbons (Fsp3) is 0.333. The molecule has 1 aliphatic heterocycles. The van der Waals surface area contributed by atoms with Gasteiger partial charge in [-0.25, -0.2) is 0 Å². The maximum atomic E-state index is 11.9. The lowest BCUT2D eigenvalue weighted by molar-refractivity contribution is -0.203. The summed E-state index contributed by atoms with van der Waals surface area (Å²) in [5.74, 6) is 0. The van der Waals surface area contributed by atoms with E-state index in [2.05, 4.69) is 31.2 Å². The summed E-state index contributed by atoms with van der Waals surface area (Å²) in [6.45, 7) is 2.17. The van der Waals surface area contributed by atoms with Crippen LogP contribution < -0.4 is 0 Å². The molecular weight excluding hydrogens is 372 g/mol. The van der Waals surface area contributed by atoms with Gasteiger partial charge in [-0.05, 0) is 23.1 Å². The molecule has 0 amide bonds. The van der Waals surface area contributed by atoms with Gasteiger partial charge in [0, 0.05) is 0 Å². The minimum Gasteiger partial charge on any atom is -0.380 e. The highest BCUT2D eigenvalue weighted by atomic mass is 16.7. The van der Waals surface area contributed by atoms with Crippen LogP contribution in [0.25, 0.3) is 0 Å². The van der Waals surface area contributed by atoms with Crippen LogP contribution in [0.5, 0.6) is 0 Å². The van der Waals surface area contributed by atoms with Crippen molar-refractivity contribution in [3.8, 4) is 0 Å². The van der Waals surface area contributed by atoms with Crippen molar-refractivity contribution in [3.63, 3.8) is 0 Å². The zero-order chi connectivity index (χ0) is 20.8. The third-order valence-electron chi connectivity index (χ3n) is 5.90. The molecule has 3 aromatic carbocycles. The molecule has 3 atom stereocenters. The van der Waals surface area contributed by atoms with Crippen LogP contribution in [0.4, 0.5) is 0 Å².